The largest absolute Gasteiger partial charge is 0.417 e. The maximum Gasteiger partial charge on any atom is 0.417 e. The molecule has 160 valence electrons. The van der Waals surface area contributed by atoms with E-state index >= 15 is 0 Å². The predicted molar refractivity (Wildman–Crippen MR) is 116 cm³/mol. The molecule has 0 amide bonds. The maximum atomic E-state index is 13.7. The van der Waals surface area contributed by atoms with E-state index in [4.69, 9.17) is 5.41 Å². The van der Waals surface area contributed by atoms with Crippen LogP contribution in [0.3, 0.4) is 0 Å². The summed E-state index contributed by atoms with van der Waals surface area (Å²) >= 11 is 1.40. The predicted octanol–water partition coefficient (Wildman–Crippen LogP) is 5.94. The van der Waals surface area contributed by atoms with Gasteiger partial charge in [0.2, 0.25) is 0 Å². The van der Waals surface area contributed by atoms with Gasteiger partial charge in [0.15, 0.2) is 0 Å². The monoisotopic (exact) mass is 462 g/mol. The number of sulfonamides is 1. The SMILES string of the molecule is C/C(C1=CS1)=C1\C(=N)N(S(=O)(=O)c2ccc(C)cc2)C=C1c1ccccc1C(F)(F)F. The lowest BCUT2D eigenvalue weighted by Crippen LogP contribution is -2.29. The topological polar surface area (TPSA) is 61.2 Å². The van der Waals surface area contributed by atoms with Crippen molar-refractivity contribution < 1.29 is 21.6 Å². The number of aryl methyl sites for hydroxylation is 1. The summed E-state index contributed by atoms with van der Waals surface area (Å²) in [6.45, 7) is 3.49. The van der Waals surface area contributed by atoms with Crippen LogP contribution < -0.4 is 0 Å². The molecule has 2 aliphatic heterocycles. The Labute approximate surface area is 182 Å². The van der Waals surface area contributed by atoms with Crippen LogP contribution in [0.25, 0.3) is 5.57 Å². The second kappa shape index (κ2) is 7.42. The van der Waals surface area contributed by atoms with Crippen LogP contribution >= 0.6 is 11.8 Å². The molecule has 4 rings (SSSR count). The second-order valence-corrected chi connectivity index (χ2v) is 9.87. The average molecular weight is 463 g/mol. The van der Waals surface area contributed by atoms with Crippen LogP contribution in [0.4, 0.5) is 13.2 Å². The van der Waals surface area contributed by atoms with Gasteiger partial charge in [-0.25, -0.2) is 12.7 Å². The summed E-state index contributed by atoms with van der Waals surface area (Å²) in [7, 11) is -4.17. The van der Waals surface area contributed by atoms with Crippen molar-refractivity contribution in [1.29, 1.82) is 5.41 Å². The molecule has 0 unspecified atom stereocenters. The molecule has 2 aromatic rings. The highest BCUT2D eigenvalue weighted by Gasteiger charge is 2.40. The number of rotatable bonds is 4. The standard InChI is InChI=1S/C22H17F3N2O2S2/c1-13-7-9-15(10-8-13)31(28,29)27-11-17(20(21(27)26)14(2)19-12-30-19)16-5-3-4-6-18(16)22(23,24)25/h3-12,26H,1-2H3/b20-14+,26-21?. The van der Waals surface area contributed by atoms with Crippen molar-refractivity contribution in [2.45, 2.75) is 24.9 Å². The number of thioether (sulfide) groups is 1. The minimum atomic E-state index is -4.63. The first-order valence-electron chi connectivity index (χ1n) is 9.18. The van der Waals surface area contributed by atoms with Gasteiger partial charge in [-0.15, -0.1) is 0 Å². The fourth-order valence-corrected chi connectivity index (χ4v) is 5.17. The van der Waals surface area contributed by atoms with Crippen LogP contribution in [0.15, 0.2) is 81.1 Å². The van der Waals surface area contributed by atoms with Gasteiger partial charge in [0.05, 0.1) is 10.5 Å². The highest BCUT2D eigenvalue weighted by Crippen LogP contribution is 2.47. The van der Waals surface area contributed by atoms with Gasteiger partial charge in [-0.05, 0) is 48.6 Å². The first-order chi connectivity index (χ1) is 14.5. The number of nitrogens with zero attached hydrogens (tertiary/aromatic N) is 1. The zero-order valence-electron chi connectivity index (χ0n) is 16.5. The summed E-state index contributed by atoms with van der Waals surface area (Å²) in [5.74, 6) is -0.376. The highest BCUT2D eigenvalue weighted by molar-refractivity contribution is 8.12. The summed E-state index contributed by atoms with van der Waals surface area (Å²) in [6, 6.07) is 11.1. The number of halogens is 3. The molecule has 0 fully saturated rings. The zero-order valence-corrected chi connectivity index (χ0v) is 18.1. The summed E-state index contributed by atoms with van der Waals surface area (Å²) in [4.78, 5) is 0.770. The van der Waals surface area contributed by atoms with E-state index in [9.17, 15) is 21.6 Å². The van der Waals surface area contributed by atoms with Gasteiger partial charge in [0, 0.05) is 22.3 Å². The quantitative estimate of drug-likeness (QED) is 0.612. The summed E-state index contributed by atoms with van der Waals surface area (Å²) in [6.07, 6.45) is -3.51. The summed E-state index contributed by atoms with van der Waals surface area (Å²) < 4.78 is 68.3. The fraction of sp³-hybridized carbons (Fsp3) is 0.136. The van der Waals surface area contributed by atoms with E-state index < -0.39 is 21.8 Å². The summed E-state index contributed by atoms with van der Waals surface area (Å²) in [5.41, 5.74) is 0.608. The van der Waals surface area contributed by atoms with Crippen LogP contribution in [0, 0.1) is 12.3 Å². The minimum Gasteiger partial charge on any atom is -0.283 e. The number of hydrogen-bond donors (Lipinski definition) is 1. The van der Waals surface area contributed by atoms with E-state index in [1.165, 1.54) is 42.1 Å². The first-order valence-corrected chi connectivity index (χ1v) is 11.5. The average Bonchev–Trinajstić information content (AvgIpc) is 3.50. The molecule has 0 atom stereocenters. The van der Waals surface area contributed by atoms with E-state index in [0.29, 0.717) is 5.57 Å². The normalized spacial score (nSPS) is 18.1. The van der Waals surface area contributed by atoms with Gasteiger partial charge < -0.3 is 0 Å². The molecule has 0 radical (unpaired) electrons. The number of nitrogens with one attached hydrogen (secondary N) is 1. The molecule has 0 aromatic heterocycles. The van der Waals surface area contributed by atoms with Crippen LogP contribution in [-0.2, 0) is 16.2 Å². The fourth-order valence-electron chi connectivity index (χ4n) is 3.38. The van der Waals surface area contributed by atoms with Crippen molar-refractivity contribution >= 4 is 33.2 Å². The molecule has 31 heavy (non-hydrogen) atoms. The smallest absolute Gasteiger partial charge is 0.283 e. The van der Waals surface area contributed by atoms with Gasteiger partial charge in [-0.3, -0.25) is 5.41 Å². The lowest BCUT2D eigenvalue weighted by atomic mass is 9.92. The van der Waals surface area contributed by atoms with E-state index in [2.05, 4.69) is 0 Å². The summed E-state index contributed by atoms with van der Waals surface area (Å²) in [5, 5.41) is 10.4. The van der Waals surface area contributed by atoms with Crippen LogP contribution in [0.1, 0.15) is 23.6 Å². The van der Waals surface area contributed by atoms with Gasteiger partial charge in [0.25, 0.3) is 10.0 Å². The van der Waals surface area contributed by atoms with Gasteiger partial charge in [-0.2, -0.15) is 13.2 Å². The molecule has 0 aliphatic carbocycles. The minimum absolute atomic E-state index is 0.0403. The van der Waals surface area contributed by atoms with Crippen molar-refractivity contribution in [3.63, 3.8) is 0 Å². The molecule has 0 spiro atoms. The third kappa shape index (κ3) is 3.83. The Kier molecular flexibility index (Phi) is 5.13. The Morgan fingerprint density at radius 1 is 1.06 bits per heavy atom. The Bertz CT molecular complexity index is 1290. The van der Waals surface area contributed by atoms with Crippen molar-refractivity contribution in [3.8, 4) is 0 Å². The Morgan fingerprint density at radius 3 is 2.26 bits per heavy atom. The molecular formula is C22H17F3N2O2S2. The second-order valence-electron chi connectivity index (χ2n) is 7.15. The first kappa shape index (κ1) is 21.5. The third-order valence-electron chi connectivity index (χ3n) is 5.05. The van der Waals surface area contributed by atoms with E-state index in [1.807, 2.05) is 6.92 Å². The molecule has 2 aromatic carbocycles. The molecule has 0 saturated heterocycles. The van der Waals surface area contributed by atoms with Crippen molar-refractivity contribution in [2.24, 2.45) is 0 Å². The lowest BCUT2D eigenvalue weighted by molar-refractivity contribution is -0.137. The Balaban J connectivity index is 1.93. The maximum absolute atomic E-state index is 13.7. The Hall–Kier alpha value is -2.78. The van der Waals surface area contributed by atoms with Crippen LogP contribution in [0.5, 0.6) is 0 Å². The van der Waals surface area contributed by atoms with E-state index in [-0.39, 0.29) is 27.4 Å². The molecule has 0 bridgehead atoms. The Morgan fingerprint density at radius 2 is 1.68 bits per heavy atom. The number of hydrogen-bond acceptors (Lipinski definition) is 4. The lowest BCUT2D eigenvalue weighted by Gasteiger charge is -2.17. The van der Waals surface area contributed by atoms with Crippen molar-refractivity contribution in [2.75, 3.05) is 0 Å². The van der Waals surface area contributed by atoms with E-state index in [0.717, 1.165) is 27.0 Å². The third-order valence-corrected chi connectivity index (χ3v) is 7.50. The van der Waals surface area contributed by atoms with Crippen molar-refractivity contribution in [1.82, 2.24) is 4.31 Å². The molecule has 2 heterocycles. The molecule has 4 nitrogen and oxygen atoms in total. The molecular weight excluding hydrogens is 445 g/mol. The van der Waals surface area contributed by atoms with Gasteiger partial charge >= 0.3 is 6.18 Å². The van der Waals surface area contributed by atoms with Crippen molar-refractivity contribution in [3.05, 3.63) is 92.9 Å². The molecule has 9 heteroatoms. The molecule has 0 saturated carbocycles. The van der Waals surface area contributed by atoms with E-state index in [1.54, 1.807) is 24.5 Å². The highest BCUT2D eigenvalue weighted by atomic mass is 32.2. The van der Waals surface area contributed by atoms with Crippen LogP contribution in [-0.4, -0.2) is 18.6 Å². The number of amidine groups is 1. The zero-order chi connectivity index (χ0) is 22.6. The molecule has 1 N–H and O–H groups in total. The van der Waals surface area contributed by atoms with Gasteiger partial charge in [0.1, 0.15) is 5.84 Å². The number of allylic oxidation sites excluding steroid dienone is 1. The molecule has 2 aliphatic rings. The van der Waals surface area contributed by atoms with Gasteiger partial charge in [-0.1, -0.05) is 47.7 Å². The van der Waals surface area contributed by atoms with Crippen LogP contribution in [0.2, 0.25) is 0 Å². The number of benzene rings is 2. The number of alkyl halides is 3.